The van der Waals surface area contributed by atoms with Crippen LogP contribution in [0.15, 0.2) is 0 Å². The van der Waals surface area contributed by atoms with Gasteiger partial charge >= 0.3 is 0 Å². The van der Waals surface area contributed by atoms with Gasteiger partial charge in [-0.05, 0) is 37.2 Å². The van der Waals surface area contributed by atoms with Crippen molar-refractivity contribution in [1.29, 1.82) is 0 Å². The van der Waals surface area contributed by atoms with Gasteiger partial charge < -0.3 is 11.1 Å². The van der Waals surface area contributed by atoms with Gasteiger partial charge in [0.2, 0.25) is 0 Å². The Morgan fingerprint density at radius 3 is 2.72 bits per heavy atom. The number of nitrogen functional groups attached to an aromatic ring is 1. The molecule has 0 spiro atoms. The standard InChI is InChI=1S/C13H22N4S/c1-3-11-16-12(14)9(2)13(17-11)15-8-10-4-6-18-7-5-10/h10H,3-8H2,1-2H3,(H3,14,15,16,17). The number of rotatable bonds is 4. The SMILES string of the molecule is CCc1nc(N)c(C)c(NCC2CCSCC2)n1. The molecule has 1 aromatic rings. The lowest BCUT2D eigenvalue weighted by Gasteiger charge is -2.22. The highest BCUT2D eigenvalue weighted by molar-refractivity contribution is 7.99. The van der Waals surface area contributed by atoms with E-state index in [1.165, 1.54) is 24.3 Å². The van der Waals surface area contributed by atoms with Crippen LogP contribution < -0.4 is 11.1 Å². The summed E-state index contributed by atoms with van der Waals surface area (Å²) in [6.07, 6.45) is 3.43. The quantitative estimate of drug-likeness (QED) is 0.876. The second-order valence-corrected chi connectivity index (χ2v) is 6.01. The lowest BCUT2D eigenvalue weighted by molar-refractivity contribution is 0.515. The van der Waals surface area contributed by atoms with Crippen LogP contribution in [0.5, 0.6) is 0 Å². The van der Waals surface area contributed by atoms with Crippen LogP contribution in [0.4, 0.5) is 11.6 Å². The van der Waals surface area contributed by atoms with Gasteiger partial charge in [-0.1, -0.05) is 6.92 Å². The first-order chi connectivity index (χ1) is 8.70. The predicted molar refractivity (Wildman–Crippen MR) is 79.1 cm³/mol. The van der Waals surface area contributed by atoms with E-state index in [1.54, 1.807) is 0 Å². The number of nitrogens with two attached hydrogens (primary N) is 1. The maximum absolute atomic E-state index is 5.91. The van der Waals surface area contributed by atoms with Crippen molar-refractivity contribution in [2.45, 2.75) is 33.1 Å². The van der Waals surface area contributed by atoms with Crippen molar-refractivity contribution in [2.24, 2.45) is 5.92 Å². The fraction of sp³-hybridized carbons (Fsp3) is 0.692. The number of nitrogens with one attached hydrogen (secondary N) is 1. The lowest BCUT2D eigenvalue weighted by Crippen LogP contribution is -2.20. The highest BCUT2D eigenvalue weighted by atomic mass is 32.2. The van der Waals surface area contributed by atoms with Crippen molar-refractivity contribution < 1.29 is 0 Å². The van der Waals surface area contributed by atoms with E-state index in [4.69, 9.17) is 5.73 Å². The fourth-order valence-corrected chi connectivity index (χ4v) is 3.31. The highest BCUT2D eigenvalue weighted by Crippen LogP contribution is 2.24. The molecule has 2 rings (SSSR count). The van der Waals surface area contributed by atoms with Gasteiger partial charge in [0.15, 0.2) is 0 Å². The Labute approximate surface area is 113 Å². The van der Waals surface area contributed by atoms with Gasteiger partial charge in [-0.3, -0.25) is 0 Å². The Morgan fingerprint density at radius 1 is 1.33 bits per heavy atom. The molecule has 5 heteroatoms. The molecule has 0 unspecified atom stereocenters. The molecule has 0 aromatic carbocycles. The molecule has 0 radical (unpaired) electrons. The number of hydrogen-bond acceptors (Lipinski definition) is 5. The minimum Gasteiger partial charge on any atom is -0.383 e. The highest BCUT2D eigenvalue weighted by Gasteiger charge is 2.15. The molecule has 100 valence electrons. The molecule has 2 heterocycles. The summed E-state index contributed by atoms with van der Waals surface area (Å²) in [5.41, 5.74) is 6.88. The van der Waals surface area contributed by atoms with Crippen LogP contribution in [0.3, 0.4) is 0 Å². The second kappa shape index (κ2) is 6.27. The Kier molecular flexibility index (Phi) is 4.69. The van der Waals surface area contributed by atoms with Crippen molar-refractivity contribution >= 4 is 23.4 Å². The number of nitrogens with zero attached hydrogens (tertiary/aromatic N) is 2. The zero-order chi connectivity index (χ0) is 13.0. The van der Waals surface area contributed by atoms with Gasteiger partial charge in [0.25, 0.3) is 0 Å². The molecule has 0 aliphatic carbocycles. The zero-order valence-electron chi connectivity index (χ0n) is 11.2. The first-order valence-electron chi connectivity index (χ1n) is 6.65. The minimum atomic E-state index is 0.601. The van der Waals surface area contributed by atoms with Crippen LogP contribution in [-0.4, -0.2) is 28.0 Å². The van der Waals surface area contributed by atoms with Gasteiger partial charge in [-0.15, -0.1) is 0 Å². The molecule has 0 saturated carbocycles. The molecule has 0 amide bonds. The molecule has 1 fully saturated rings. The van der Waals surface area contributed by atoms with Crippen LogP contribution in [0.1, 0.15) is 31.2 Å². The summed E-state index contributed by atoms with van der Waals surface area (Å²) in [4.78, 5) is 8.80. The van der Waals surface area contributed by atoms with Gasteiger partial charge in [0.05, 0.1) is 0 Å². The normalized spacial score (nSPS) is 16.8. The maximum Gasteiger partial charge on any atom is 0.134 e. The topological polar surface area (TPSA) is 63.8 Å². The van der Waals surface area contributed by atoms with Gasteiger partial charge in [0, 0.05) is 18.5 Å². The molecule has 3 N–H and O–H groups in total. The fourth-order valence-electron chi connectivity index (χ4n) is 2.10. The molecule has 4 nitrogen and oxygen atoms in total. The van der Waals surface area contributed by atoms with Crippen molar-refractivity contribution in [1.82, 2.24) is 9.97 Å². The Bertz CT molecular complexity index is 402. The Hall–Kier alpha value is -0.970. The number of hydrogen-bond donors (Lipinski definition) is 2. The summed E-state index contributed by atoms with van der Waals surface area (Å²) in [5, 5.41) is 3.46. The summed E-state index contributed by atoms with van der Waals surface area (Å²) in [5.74, 6) is 5.68. The Balaban J connectivity index is 2.01. The zero-order valence-corrected chi connectivity index (χ0v) is 12.0. The minimum absolute atomic E-state index is 0.601. The molecule has 1 saturated heterocycles. The number of aryl methyl sites for hydroxylation is 1. The molecule has 1 aliphatic heterocycles. The molecular formula is C13H22N4S. The van der Waals surface area contributed by atoms with Gasteiger partial charge in [-0.2, -0.15) is 11.8 Å². The van der Waals surface area contributed by atoms with E-state index in [1.807, 2.05) is 13.8 Å². The third-order valence-electron chi connectivity index (χ3n) is 3.45. The molecule has 0 bridgehead atoms. The molecule has 18 heavy (non-hydrogen) atoms. The number of anilines is 2. The summed E-state index contributed by atoms with van der Waals surface area (Å²) < 4.78 is 0. The smallest absolute Gasteiger partial charge is 0.134 e. The molecule has 1 aliphatic rings. The van der Waals surface area contributed by atoms with E-state index >= 15 is 0 Å². The van der Waals surface area contributed by atoms with E-state index < -0.39 is 0 Å². The maximum atomic E-state index is 5.91. The van der Waals surface area contributed by atoms with E-state index in [9.17, 15) is 0 Å². The second-order valence-electron chi connectivity index (χ2n) is 4.79. The molecule has 1 aromatic heterocycles. The largest absolute Gasteiger partial charge is 0.383 e. The first kappa shape index (κ1) is 13.5. The van der Waals surface area contributed by atoms with Crippen molar-refractivity contribution in [2.75, 3.05) is 29.1 Å². The summed E-state index contributed by atoms with van der Waals surface area (Å²) >= 11 is 2.06. The van der Waals surface area contributed by atoms with Crippen LogP contribution >= 0.6 is 11.8 Å². The third kappa shape index (κ3) is 3.28. The van der Waals surface area contributed by atoms with Crippen LogP contribution in [0.2, 0.25) is 0 Å². The van der Waals surface area contributed by atoms with E-state index in [0.29, 0.717) is 5.82 Å². The summed E-state index contributed by atoms with van der Waals surface area (Å²) in [6.45, 7) is 5.03. The van der Waals surface area contributed by atoms with Crippen LogP contribution in [0, 0.1) is 12.8 Å². The monoisotopic (exact) mass is 266 g/mol. The average Bonchev–Trinajstić information content (AvgIpc) is 2.41. The van der Waals surface area contributed by atoms with Crippen LogP contribution in [0.25, 0.3) is 0 Å². The van der Waals surface area contributed by atoms with E-state index in [2.05, 4.69) is 27.0 Å². The summed E-state index contributed by atoms with van der Waals surface area (Å²) in [6, 6.07) is 0. The van der Waals surface area contributed by atoms with Crippen molar-refractivity contribution in [3.05, 3.63) is 11.4 Å². The lowest BCUT2D eigenvalue weighted by atomic mass is 10.0. The van der Waals surface area contributed by atoms with Crippen molar-refractivity contribution in [3.8, 4) is 0 Å². The third-order valence-corrected chi connectivity index (χ3v) is 4.49. The van der Waals surface area contributed by atoms with Crippen molar-refractivity contribution in [3.63, 3.8) is 0 Å². The number of thioether (sulfide) groups is 1. The molecule has 0 atom stereocenters. The van der Waals surface area contributed by atoms with E-state index in [-0.39, 0.29) is 0 Å². The van der Waals surface area contributed by atoms with Gasteiger partial charge in [-0.25, -0.2) is 9.97 Å². The van der Waals surface area contributed by atoms with E-state index in [0.717, 1.165) is 36.1 Å². The van der Waals surface area contributed by atoms with Gasteiger partial charge in [0.1, 0.15) is 17.5 Å². The summed E-state index contributed by atoms with van der Waals surface area (Å²) in [7, 11) is 0. The first-order valence-corrected chi connectivity index (χ1v) is 7.80. The van der Waals surface area contributed by atoms with Crippen LogP contribution in [-0.2, 0) is 6.42 Å². The predicted octanol–water partition coefficient (Wildman–Crippen LogP) is 2.48. The Morgan fingerprint density at radius 2 is 2.06 bits per heavy atom. The molecular weight excluding hydrogens is 244 g/mol. The number of aromatic nitrogens is 2. The average molecular weight is 266 g/mol.